The molecule has 8 heteroatoms. The van der Waals surface area contributed by atoms with E-state index in [1.54, 1.807) is 21.1 Å². The molecule has 2 atom stereocenters. The van der Waals surface area contributed by atoms with Gasteiger partial charge in [0.25, 0.3) is 0 Å². The lowest BCUT2D eigenvalue weighted by Gasteiger charge is -2.34. The Hall–Kier alpha value is -2.45. The maximum atomic E-state index is 12.6. The van der Waals surface area contributed by atoms with Crippen molar-refractivity contribution >= 4 is 17.9 Å². The lowest BCUT2D eigenvalue weighted by atomic mass is 10.0. The summed E-state index contributed by atoms with van der Waals surface area (Å²) in [6.45, 7) is 4.50. The lowest BCUT2D eigenvalue weighted by molar-refractivity contribution is -0.889. The van der Waals surface area contributed by atoms with Crippen LogP contribution in [0.5, 0.6) is 0 Å². The van der Waals surface area contributed by atoms with Gasteiger partial charge in [-0.15, -0.1) is 0 Å². The van der Waals surface area contributed by atoms with Crippen molar-refractivity contribution in [1.29, 1.82) is 0 Å². The highest BCUT2D eigenvalue weighted by molar-refractivity contribution is 5.70. The average molecular weight is 692 g/mol. The van der Waals surface area contributed by atoms with E-state index in [-0.39, 0.29) is 49.1 Å². The second kappa shape index (κ2) is 32.7. The minimum absolute atomic E-state index is 0.0304. The predicted octanol–water partition coefficient (Wildman–Crippen LogP) is 8.57. The number of unbranched alkanes of at least 4 members (excludes halogenated alkanes) is 14. The molecule has 0 heterocycles. The summed E-state index contributed by atoms with van der Waals surface area (Å²) in [6, 6.07) is -0.728. The molecule has 0 amide bonds. The van der Waals surface area contributed by atoms with Gasteiger partial charge in [0.2, 0.25) is 0 Å². The minimum Gasteiger partial charge on any atom is -0.544 e. The van der Waals surface area contributed by atoms with Crippen molar-refractivity contribution in [3.63, 3.8) is 0 Å². The summed E-state index contributed by atoms with van der Waals surface area (Å²) in [4.78, 5) is 36.6. The monoisotopic (exact) mass is 692 g/mol. The first-order valence-corrected chi connectivity index (χ1v) is 19.5. The second-order valence-corrected chi connectivity index (χ2v) is 14.1. The van der Waals surface area contributed by atoms with Crippen LogP contribution in [0, 0.1) is 0 Å². The lowest BCUT2D eigenvalue weighted by Crippen LogP contribution is -2.55. The van der Waals surface area contributed by atoms with E-state index in [0.717, 1.165) is 64.2 Å². The highest BCUT2D eigenvalue weighted by atomic mass is 16.6. The Labute approximate surface area is 300 Å². The predicted molar refractivity (Wildman–Crippen MR) is 199 cm³/mol. The molecular formula is C41H73NO7. The van der Waals surface area contributed by atoms with Crippen molar-refractivity contribution in [1.82, 2.24) is 0 Å². The van der Waals surface area contributed by atoms with E-state index in [4.69, 9.17) is 14.2 Å². The Kier molecular flexibility index (Phi) is 31.1. The molecular weight excluding hydrogens is 618 g/mol. The van der Waals surface area contributed by atoms with Crippen LogP contribution in [0.2, 0.25) is 0 Å². The third kappa shape index (κ3) is 31.3. The number of allylic oxidation sites excluding steroid dienone is 6. The standard InChI is InChI=1S/C41H73NO7/c1-6-8-10-12-14-16-18-20-22-24-26-28-30-32-40(44)49-37(35-47-34-33-38(41(45)46)42(3,4)5)36-48-39(43)31-29-27-25-23-21-19-17-15-13-11-9-7-2/h8,10,14,16,20,22,37-38H,6-7,9,11-13,15,17-19,21,23-36H2,1-5H3/b10-8-,16-14-,22-20-. The van der Waals surface area contributed by atoms with E-state index in [0.29, 0.717) is 6.42 Å². The molecule has 0 saturated carbocycles. The zero-order valence-electron chi connectivity index (χ0n) is 32.1. The zero-order chi connectivity index (χ0) is 36.4. The number of aliphatic carboxylic acids is 1. The molecule has 0 N–H and O–H groups in total. The number of ether oxygens (including phenoxy) is 3. The number of rotatable bonds is 34. The van der Waals surface area contributed by atoms with E-state index in [9.17, 15) is 19.5 Å². The van der Waals surface area contributed by atoms with Crippen LogP contribution in [0.15, 0.2) is 36.5 Å². The van der Waals surface area contributed by atoms with Crippen LogP contribution >= 0.6 is 0 Å². The van der Waals surface area contributed by atoms with Crippen LogP contribution in [-0.4, -0.2) is 75.5 Å². The molecule has 0 rings (SSSR count). The summed E-state index contributed by atoms with van der Waals surface area (Å²) in [7, 11) is 5.38. The van der Waals surface area contributed by atoms with Crippen molar-refractivity contribution in [2.45, 2.75) is 167 Å². The molecule has 0 aliphatic heterocycles. The molecule has 0 aliphatic carbocycles. The van der Waals surface area contributed by atoms with Gasteiger partial charge in [-0.25, -0.2) is 0 Å². The van der Waals surface area contributed by atoms with Gasteiger partial charge in [0.1, 0.15) is 12.6 Å². The number of hydrogen-bond acceptors (Lipinski definition) is 7. The number of quaternary nitrogens is 1. The summed E-state index contributed by atoms with van der Waals surface area (Å²) in [5, 5.41) is 11.6. The zero-order valence-corrected chi connectivity index (χ0v) is 32.1. The first-order chi connectivity index (χ1) is 23.6. The van der Waals surface area contributed by atoms with Gasteiger partial charge in [-0.3, -0.25) is 9.59 Å². The highest BCUT2D eigenvalue weighted by Crippen LogP contribution is 2.14. The number of hydrogen-bond donors (Lipinski definition) is 0. The first kappa shape index (κ1) is 46.5. The van der Waals surface area contributed by atoms with Gasteiger partial charge >= 0.3 is 11.9 Å². The van der Waals surface area contributed by atoms with Gasteiger partial charge in [-0.05, 0) is 44.9 Å². The molecule has 49 heavy (non-hydrogen) atoms. The summed E-state index contributed by atoms with van der Waals surface area (Å²) < 4.78 is 17.1. The van der Waals surface area contributed by atoms with Crippen LogP contribution in [0.3, 0.4) is 0 Å². The third-order valence-corrected chi connectivity index (χ3v) is 8.54. The maximum absolute atomic E-state index is 12.6. The van der Waals surface area contributed by atoms with Crippen LogP contribution in [-0.2, 0) is 28.6 Å². The Morgan fingerprint density at radius 3 is 1.69 bits per heavy atom. The normalized spacial score (nSPS) is 13.4. The molecule has 8 nitrogen and oxygen atoms in total. The van der Waals surface area contributed by atoms with E-state index in [1.807, 2.05) is 0 Å². The molecule has 0 fully saturated rings. The fourth-order valence-electron chi connectivity index (χ4n) is 5.50. The van der Waals surface area contributed by atoms with Gasteiger partial charge in [0.05, 0.1) is 40.3 Å². The van der Waals surface area contributed by atoms with Crippen molar-refractivity contribution in [2.75, 3.05) is 41.0 Å². The fraction of sp³-hybridized carbons (Fsp3) is 0.780. The van der Waals surface area contributed by atoms with Crippen LogP contribution in [0.4, 0.5) is 0 Å². The van der Waals surface area contributed by atoms with Crippen LogP contribution in [0.25, 0.3) is 0 Å². The van der Waals surface area contributed by atoms with Crippen molar-refractivity contribution in [3.8, 4) is 0 Å². The number of esters is 2. The van der Waals surface area contributed by atoms with E-state index >= 15 is 0 Å². The number of carbonyl (C=O) groups is 3. The molecule has 2 unspecified atom stereocenters. The minimum atomic E-state index is -1.13. The van der Waals surface area contributed by atoms with Gasteiger partial charge < -0.3 is 28.6 Å². The molecule has 0 aliphatic rings. The number of carboxylic acids is 1. The maximum Gasteiger partial charge on any atom is 0.306 e. The summed E-state index contributed by atoms with van der Waals surface area (Å²) >= 11 is 0. The topological polar surface area (TPSA) is 102 Å². The van der Waals surface area contributed by atoms with Gasteiger partial charge in [0.15, 0.2) is 6.10 Å². The van der Waals surface area contributed by atoms with Crippen LogP contribution < -0.4 is 5.11 Å². The number of carboxylic acid groups (broad SMARTS) is 1. The largest absolute Gasteiger partial charge is 0.544 e. The third-order valence-electron chi connectivity index (χ3n) is 8.54. The fourth-order valence-corrected chi connectivity index (χ4v) is 5.50. The summed E-state index contributed by atoms with van der Waals surface area (Å²) in [5.74, 6) is -1.77. The molecule has 0 saturated heterocycles. The molecule has 0 aromatic rings. The number of carbonyl (C=O) groups excluding carboxylic acids is 3. The highest BCUT2D eigenvalue weighted by Gasteiger charge is 2.25. The Balaban J connectivity index is 4.46. The molecule has 284 valence electrons. The summed E-state index contributed by atoms with van der Waals surface area (Å²) in [5.41, 5.74) is 0. The molecule has 0 radical (unpaired) electrons. The van der Waals surface area contributed by atoms with Crippen molar-refractivity contribution in [3.05, 3.63) is 36.5 Å². The molecule has 0 bridgehead atoms. The van der Waals surface area contributed by atoms with Gasteiger partial charge in [-0.2, -0.15) is 0 Å². The van der Waals surface area contributed by atoms with E-state index < -0.39 is 18.1 Å². The Bertz CT molecular complexity index is 906. The average Bonchev–Trinajstić information content (AvgIpc) is 3.05. The molecule has 0 aromatic heterocycles. The van der Waals surface area contributed by atoms with Crippen molar-refractivity contribution < 1.29 is 38.2 Å². The van der Waals surface area contributed by atoms with Gasteiger partial charge in [0, 0.05) is 19.3 Å². The molecule has 0 aromatic carbocycles. The SMILES string of the molecule is CC/C=C\C/C=C\C/C=C\CCCCCC(=O)OC(COCCC(C(=O)[O-])[N+](C)(C)C)COC(=O)CCCCCCCCCCCCCC. The molecule has 0 spiro atoms. The van der Waals surface area contributed by atoms with Gasteiger partial charge in [-0.1, -0.05) is 127 Å². The van der Waals surface area contributed by atoms with E-state index in [1.165, 1.54) is 57.8 Å². The van der Waals surface area contributed by atoms with E-state index in [2.05, 4.69) is 50.3 Å². The number of nitrogens with zero attached hydrogens (tertiary/aromatic N) is 1. The Morgan fingerprint density at radius 2 is 1.14 bits per heavy atom. The van der Waals surface area contributed by atoms with Crippen LogP contribution in [0.1, 0.15) is 155 Å². The first-order valence-electron chi connectivity index (χ1n) is 19.5. The Morgan fingerprint density at radius 1 is 0.633 bits per heavy atom. The second-order valence-electron chi connectivity index (χ2n) is 14.1. The van der Waals surface area contributed by atoms with Crippen molar-refractivity contribution in [2.24, 2.45) is 0 Å². The quantitative estimate of drug-likeness (QED) is 0.0288. The summed E-state index contributed by atoms with van der Waals surface area (Å²) in [6.07, 6.45) is 34.5. The smallest absolute Gasteiger partial charge is 0.306 e. The number of likely N-dealkylation sites (N-methyl/N-ethyl adjacent to an activating group) is 1.